The van der Waals surface area contributed by atoms with Crippen molar-refractivity contribution in [2.24, 2.45) is 11.1 Å². The fourth-order valence-corrected chi connectivity index (χ4v) is 4.83. The molecule has 3 aromatic carbocycles. The van der Waals surface area contributed by atoms with Gasteiger partial charge in [0, 0.05) is 13.1 Å². The number of primary amides is 1. The summed E-state index contributed by atoms with van der Waals surface area (Å²) < 4.78 is 0. The normalized spacial score (nSPS) is 15.3. The molecule has 0 unspecified atom stereocenters. The molecule has 1 aliphatic heterocycles. The maximum absolute atomic E-state index is 12.8. The van der Waals surface area contributed by atoms with Crippen molar-refractivity contribution < 1.29 is 9.59 Å². The number of piperidine rings is 1. The van der Waals surface area contributed by atoms with Crippen LogP contribution in [0.5, 0.6) is 0 Å². The molecule has 0 aromatic heterocycles. The Morgan fingerprint density at radius 2 is 1.45 bits per heavy atom. The first-order chi connectivity index (χ1) is 15.8. The summed E-state index contributed by atoms with van der Waals surface area (Å²) in [6.45, 7) is 5.25. The van der Waals surface area contributed by atoms with Gasteiger partial charge in [0.1, 0.15) is 0 Å². The Morgan fingerprint density at radius 1 is 0.818 bits per heavy atom. The van der Waals surface area contributed by atoms with Crippen molar-refractivity contribution in [2.45, 2.75) is 39.5 Å². The molecule has 0 saturated carbocycles. The first kappa shape index (κ1) is 22.8. The number of likely N-dealkylation sites (tertiary alicyclic amines) is 1. The van der Waals surface area contributed by atoms with E-state index in [0.29, 0.717) is 38.8 Å². The summed E-state index contributed by atoms with van der Waals surface area (Å²) in [5, 5.41) is 0. The Balaban J connectivity index is 1.41. The van der Waals surface area contributed by atoms with Crippen molar-refractivity contribution in [1.29, 1.82) is 0 Å². The van der Waals surface area contributed by atoms with Crippen LogP contribution < -0.4 is 5.73 Å². The standard InChI is InChI=1S/C29H32N2O2/c1-21-5-3-7-24(17-21)19-27(32)31-15-13-29(14-16-31,28(30)33)20-23-9-11-25(12-10-23)26-8-4-6-22(2)18-26/h3-12,17-18H,13-16,19-20H2,1-2H3,(H2,30,33). The van der Waals surface area contributed by atoms with Crippen LogP contribution in [0.4, 0.5) is 0 Å². The van der Waals surface area contributed by atoms with Gasteiger partial charge >= 0.3 is 0 Å². The van der Waals surface area contributed by atoms with Crippen LogP contribution in [-0.4, -0.2) is 29.8 Å². The van der Waals surface area contributed by atoms with E-state index in [9.17, 15) is 9.59 Å². The number of hydrogen-bond donors (Lipinski definition) is 1. The zero-order valence-electron chi connectivity index (χ0n) is 19.5. The van der Waals surface area contributed by atoms with Gasteiger partial charge in [-0.15, -0.1) is 0 Å². The lowest BCUT2D eigenvalue weighted by Gasteiger charge is -2.40. The van der Waals surface area contributed by atoms with E-state index in [1.54, 1.807) is 0 Å². The van der Waals surface area contributed by atoms with Gasteiger partial charge in [0.25, 0.3) is 0 Å². The highest BCUT2D eigenvalue weighted by atomic mass is 16.2. The van der Waals surface area contributed by atoms with Crippen LogP contribution >= 0.6 is 0 Å². The SMILES string of the molecule is Cc1cccc(CC(=O)N2CCC(Cc3ccc(-c4cccc(C)c4)cc3)(C(N)=O)CC2)c1. The fourth-order valence-electron chi connectivity index (χ4n) is 4.83. The number of nitrogens with two attached hydrogens (primary N) is 1. The van der Waals surface area contributed by atoms with Crippen LogP contribution in [0.25, 0.3) is 11.1 Å². The van der Waals surface area contributed by atoms with Crippen molar-refractivity contribution in [3.05, 3.63) is 95.1 Å². The van der Waals surface area contributed by atoms with E-state index in [2.05, 4.69) is 61.5 Å². The second-order valence-electron chi connectivity index (χ2n) is 9.43. The first-order valence-electron chi connectivity index (χ1n) is 11.6. The quantitative estimate of drug-likeness (QED) is 0.596. The molecule has 0 radical (unpaired) electrons. The molecule has 4 rings (SSSR count). The molecule has 0 bridgehead atoms. The van der Waals surface area contributed by atoms with Crippen LogP contribution in [0.1, 0.15) is 35.1 Å². The zero-order chi connectivity index (χ0) is 23.4. The molecule has 0 atom stereocenters. The summed E-state index contributed by atoms with van der Waals surface area (Å²) in [6, 6.07) is 24.9. The van der Waals surface area contributed by atoms with Crippen LogP contribution in [0.3, 0.4) is 0 Å². The average molecular weight is 441 g/mol. The monoisotopic (exact) mass is 440 g/mol. The van der Waals surface area contributed by atoms with E-state index in [4.69, 9.17) is 5.73 Å². The molecule has 1 heterocycles. The number of carbonyl (C=O) groups is 2. The topological polar surface area (TPSA) is 63.4 Å². The van der Waals surface area contributed by atoms with Gasteiger partial charge in [-0.25, -0.2) is 0 Å². The third-order valence-corrected chi connectivity index (χ3v) is 6.88. The van der Waals surface area contributed by atoms with E-state index < -0.39 is 5.41 Å². The molecule has 3 aromatic rings. The Morgan fingerprint density at radius 3 is 2.06 bits per heavy atom. The Hall–Kier alpha value is -3.40. The minimum atomic E-state index is -0.606. The molecule has 0 aliphatic carbocycles. The highest BCUT2D eigenvalue weighted by Gasteiger charge is 2.40. The summed E-state index contributed by atoms with van der Waals surface area (Å²) in [6.07, 6.45) is 2.20. The molecule has 4 heteroatoms. The fraction of sp³-hybridized carbons (Fsp3) is 0.310. The van der Waals surface area contributed by atoms with E-state index in [1.165, 1.54) is 11.1 Å². The number of amides is 2. The van der Waals surface area contributed by atoms with Gasteiger partial charge in [0.05, 0.1) is 11.8 Å². The molecule has 4 nitrogen and oxygen atoms in total. The van der Waals surface area contributed by atoms with Gasteiger partial charge in [0.15, 0.2) is 0 Å². The molecule has 2 N–H and O–H groups in total. The molecule has 1 aliphatic rings. The molecular formula is C29H32N2O2. The first-order valence-corrected chi connectivity index (χ1v) is 11.6. The minimum Gasteiger partial charge on any atom is -0.369 e. The maximum atomic E-state index is 12.8. The lowest BCUT2D eigenvalue weighted by Crippen LogP contribution is -2.50. The van der Waals surface area contributed by atoms with E-state index in [-0.39, 0.29) is 11.8 Å². The van der Waals surface area contributed by atoms with E-state index in [0.717, 1.165) is 22.3 Å². The molecule has 170 valence electrons. The van der Waals surface area contributed by atoms with Crippen molar-refractivity contribution in [3.8, 4) is 11.1 Å². The van der Waals surface area contributed by atoms with E-state index >= 15 is 0 Å². The zero-order valence-corrected chi connectivity index (χ0v) is 19.5. The molecule has 1 fully saturated rings. The number of rotatable bonds is 6. The second-order valence-corrected chi connectivity index (χ2v) is 9.43. The number of aryl methyl sites for hydroxylation is 2. The predicted octanol–water partition coefficient (Wildman–Crippen LogP) is 4.85. The predicted molar refractivity (Wildman–Crippen MR) is 133 cm³/mol. The summed E-state index contributed by atoms with van der Waals surface area (Å²) in [5.41, 5.74) is 12.2. The van der Waals surface area contributed by atoms with Crippen molar-refractivity contribution >= 4 is 11.8 Å². The number of nitrogens with zero attached hydrogens (tertiary/aromatic N) is 1. The number of hydrogen-bond acceptors (Lipinski definition) is 2. The molecular weight excluding hydrogens is 408 g/mol. The smallest absolute Gasteiger partial charge is 0.226 e. The van der Waals surface area contributed by atoms with Crippen molar-refractivity contribution in [2.75, 3.05) is 13.1 Å². The highest BCUT2D eigenvalue weighted by molar-refractivity contribution is 5.83. The average Bonchev–Trinajstić information content (AvgIpc) is 2.80. The molecule has 33 heavy (non-hydrogen) atoms. The van der Waals surface area contributed by atoms with Crippen LogP contribution in [0.2, 0.25) is 0 Å². The highest BCUT2D eigenvalue weighted by Crippen LogP contribution is 2.36. The largest absolute Gasteiger partial charge is 0.369 e. The summed E-state index contributed by atoms with van der Waals surface area (Å²) in [4.78, 5) is 27.2. The molecule has 1 saturated heterocycles. The lowest BCUT2D eigenvalue weighted by molar-refractivity contribution is -0.138. The molecule has 2 amide bonds. The van der Waals surface area contributed by atoms with Crippen LogP contribution in [0, 0.1) is 19.3 Å². The van der Waals surface area contributed by atoms with Gasteiger partial charge in [-0.05, 0) is 55.4 Å². The van der Waals surface area contributed by atoms with Crippen molar-refractivity contribution in [3.63, 3.8) is 0 Å². The third kappa shape index (κ3) is 5.33. The second kappa shape index (κ2) is 9.62. The lowest BCUT2D eigenvalue weighted by atomic mass is 9.73. The summed E-state index contributed by atoms with van der Waals surface area (Å²) >= 11 is 0. The summed E-state index contributed by atoms with van der Waals surface area (Å²) in [7, 11) is 0. The van der Waals surface area contributed by atoms with Crippen molar-refractivity contribution in [1.82, 2.24) is 4.90 Å². The van der Waals surface area contributed by atoms with Gasteiger partial charge < -0.3 is 10.6 Å². The number of carbonyl (C=O) groups excluding carboxylic acids is 2. The van der Waals surface area contributed by atoms with Gasteiger partial charge in [-0.1, -0.05) is 83.9 Å². The third-order valence-electron chi connectivity index (χ3n) is 6.88. The van der Waals surface area contributed by atoms with Crippen LogP contribution in [0.15, 0.2) is 72.8 Å². The summed E-state index contributed by atoms with van der Waals surface area (Å²) in [5.74, 6) is -0.155. The molecule has 0 spiro atoms. The Bertz CT molecular complexity index is 1140. The Labute approximate surface area is 196 Å². The van der Waals surface area contributed by atoms with Gasteiger partial charge in [-0.2, -0.15) is 0 Å². The minimum absolute atomic E-state index is 0.112. The van der Waals surface area contributed by atoms with Gasteiger partial charge in [-0.3, -0.25) is 9.59 Å². The Kier molecular flexibility index (Phi) is 6.64. The van der Waals surface area contributed by atoms with E-state index in [1.807, 2.05) is 30.0 Å². The van der Waals surface area contributed by atoms with Crippen LogP contribution in [-0.2, 0) is 22.4 Å². The number of benzene rings is 3. The maximum Gasteiger partial charge on any atom is 0.226 e. The van der Waals surface area contributed by atoms with Gasteiger partial charge in [0.2, 0.25) is 11.8 Å².